The number of aliphatic imine (C=N–C) groups is 3. The van der Waals surface area contributed by atoms with E-state index in [-0.39, 0.29) is 13.3 Å². The summed E-state index contributed by atoms with van der Waals surface area (Å²) < 4.78 is 5.58. The first kappa shape index (κ1) is 16.8. The first-order valence-electron chi connectivity index (χ1n) is 7.90. The molecule has 0 saturated carbocycles. The normalized spacial score (nSPS) is 37.2. The molecule has 1 fully saturated rings. The minimum absolute atomic E-state index is 0.188. The Hall–Kier alpha value is -1.69. The summed E-state index contributed by atoms with van der Waals surface area (Å²) in [7, 11) is 0. The van der Waals surface area contributed by atoms with Crippen molar-refractivity contribution in [3.05, 3.63) is 22.4 Å². The van der Waals surface area contributed by atoms with E-state index in [1.807, 2.05) is 17.5 Å². The van der Waals surface area contributed by atoms with Crippen molar-refractivity contribution >= 4 is 29.2 Å². The number of thiophene rings is 1. The van der Waals surface area contributed by atoms with Crippen LogP contribution in [0.1, 0.15) is 4.88 Å². The molecule has 0 aliphatic carbocycles. The Morgan fingerprint density at radius 3 is 2.92 bits per heavy atom. The van der Waals surface area contributed by atoms with Gasteiger partial charge in [-0.25, -0.2) is 9.98 Å². The van der Waals surface area contributed by atoms with E-state index in [1.165, 1.54) is 6.34 Å². The first-order valence-corrected chi connectivity index (χ1v) is 8.78. The van der Waals surface area contributed by atoms with Crippen molar-refractivity contribution in [2.24, 2.45) is 20.7 Å². The summed E-state index contributed by atoms with van der Waals surface area (Å²) in [5.41, 5.74) is 5.99. The number of aliphatic hydroxyl groups is 3. The van der Waals surface area contributed by atoms with E-state index < -0.39 is 30.2 Å². The number of nitrogens with two attached hydrogens (primary N) is 1. The van der Waals surface area contributed by atoms with E-state index in [0.29, 0.717) is 18.0 Å². The summed E-state index contributed by atoms with van der Waals surface area (Å²) in [5, 5.41) is 31.5. The second kappa shape index (κ2) is 6.24. The average molecular weight is 365 g/mol. The van der Waals surface area contributed by atoms with Gasteiger partial charge in [0.25, 0.3) is 0 Å². The molecule has 0 radical (unpaired) electrons. The van der Waals surface area contributed by atoms with Gasteiger partial charge in [-0.1, -0.05) is 6.07 Å². The Kier molecular flexibility index (Phi) is 4.18. The van der Waals surface area contributed by atoms with Gasteiger partial charge < -0.3 is 30.7 Å². The smallest absolute Gasteiger partial charge is 0.162 e. The van der Waals surface area contributed by atoms with Gasteiger partial charge >= 0.3 is 0 Å². The highest BCUT2D eigenvalue weighted by molar-refractivity contribution is 7.09. The third-order valence-corrected chi connectivity index (χ3v) is 5.47. The number of nitrogens with zero attached hydrogens (tertiary/aromatic N) is 4. The van der Waals surface area contributed by atoms with Crippen LogP contribution < -0.4 is 5.73 Å². The third kappa shape index (κ3) is 2.71. The fourth-order valence-corrected chi connectivity index (χ4v) is 4.07. The molecule has 0 amide bonds. The van der Waals surface area contributed by atoms with Gasteiger partial charge in [0.1, 0.15) is 37.0 Å². The maximum atomic E-state index is 10.3. The number of fused-ring (bicyclic) bond motifs is 1. The van der Waals surface area contributed by atoms with E-state index in [0.717, 1.165) is 4.88 Å². The van der Waals surface area contributed by atoms with Gasteiger partial charge in [0.05, 0.1) is 6.61 Å². The Morgan fingerprint density at radius 2 is 2.24 bits per heavy atom. The predicted molar refractivity (Wildman–Crippen MR) is 92.8 cm³/mol. The van der Waals surface area contributed by atoms with Gasteiger partial charge in [-0.2, -0.15) is 0 Å². The number of amidine groups is 1. The molecule has 10 heteroatoms. The zero-order valence-corrected chi connectivity index (χ0v) is 14.1. The van der Waals surface area contributed by atoms with Crippen molar-refractivity contribution in [1.29, 1.82) is 0 Å². The van der Waals surface area contributed by atoms with Crippen LogP contribution in [0.25, 0.3) is 0 Å². The number of aliphatic hydroxyl groups excluding tert-OH is 3. The van der Waals surface area contributed by atoms with Crippen LogP contribution in [-0.4, -0.2) is 81.6 Å². The van der Waals surface area contributed by atoms with E-state index in [2.05, 4.69) is 15.0 Å². The zero-order chi connectivity index (χ0) is 17.6. The zero-order valence-electron chi connectivity index (χ0n) is 13.3. The molecule has 1 aromatic rings. The second-order valence-corrected chi connectivity index (χ2v) is 7.26. The molecule has 1 unspecified atom stereocenters. The van der Waals surface area contributed by atoms with Gasteiger partial charge in [-0.05, 0) is 11.4 Å². The molecule has 0 aromatic carbocycles. The van der Waals surface area contributed by atoms with E-state index >= 15 is 0 Å². The van der Waals surface area contributed by atoms with Crippen molar-refractivity contribution in [2.45, 2.75) is 36.6 Å². The van der Waals surface area contributed by atoms with Crippen LogP contribution in [0.2, 0.25) is 0 Å². The average Bonchev–Trinajstić information content (AvgIpc) is 3.30. The van der Waals surface area contributed by atoms with Crippen molar-refractivity contribution < 1.29 is 20.1 Å². The van der Waals surface area contributed by atoms with Crippen LogP contribution in [0.5, 0.6) is 0 Å². The van der Waals surface area contributed by atoms with Gasteiger partial charge in [0, 0.05) is 11.3 Å². The van der Waals surface area contributed by atoms with Crippen LogP contribution in [0, 0.1) is 0 Å². The molecular formula is C15H19N5O4S. The van der Waals surface area contributed by atoms with Crippen LogP contribution >= 0.6 is 11.3 Å². The summed E-state index contributed by atoms with van der Waals surface area (Å²) in [5.74, 6) is 0.476. The van der Waals surface area contributed by atoms with Crippen molar-refractivity contribution in [1.82, 2.24) is 4.90 Å². The first-order chi connectivity index (χ1) is 12.0. The van der Waals surface area contributed by atoms with Crippen LogP contribution in [-0.2, 0) is 11.2 Å². The van der Waals surface area contributed by atoms with Gasteiger partial charge in [-0.15, -0.1) is 11.3 Å². The maximum absolute atomic E-state index is 10.3. The molecule has 134 valence electrons. The predicted octanol–water partition coefficient (Wildman–Crippen LogP) is -1.46. The number of rotatable bonds is 4. The number of hydrogen-bond donors (Lipinski definition) is 4. The van der Waals surface area contributed by atoms with Crippen LogP contribution in [0.15, 0.2) is 32.5 Å². The van der Waals surface area contributed by atoms with Crippen LogP contribution in [0.3, 0.4) is 0 Å². The molecule has 3 aliphatic rings. The van der Waals surface area contributed by atoms with Crippen molar-refractivity contribution in [3.8, 4) is 0 Å². The Morgan fingerprint density at radius 1 is 1.40 bits per heavy atom. The largest absolute Gasteiger partial charge is 0.394 e. The Balaban J connectivity index is 1.57. The molecule has 3 aliphatic heterocycles. The number of hydrogen-bond acceptors (Lipinski definition) is 10. The summed E-state index contributed by atoms with van der Waals surface area (Å²) in [4.78, 5) is 15.8. The standard InChI is InChI=1S/C15H19N5O4S/c16-15(4-8-2-1-3-25-8)12-13(17-6-19-15)20(7-18-12)14-11(23)10(22)9(5-21)24-14/h1-3,6,9-11,14,21-23H,4-5,7,16H2/t9-,10-,11-,14-,15?/m1/s1. The molecule has 0 spiro atoms. The topological polar surface area (TPSA) is 136 Å². The lowest BCUT2D eigenvalue weighted by molar-refractivity contribution is -0.0688. The molecule has 1 aromatic heterocycles. The minimum Gasteiger partial charge on any atom is -0.394 e. The summed E-state index contributed by atoms with van der Waals surface area (Å²) in [6, 6.07) is 3.94. The highest BCUT2D eigenvalue weighted by Crippen LogP contribution is 2.30. The molecule has 9 nitrogen and oxygen atoms in total. The lowest BCUT2D eigenvalue weighted by Crippen LogP contribution is -2.56. The fourth-order valence-electron chi connectivity index (χ4n) is 3.28. The molecule has 1 saturated heterocycles. The third-order valence-electron chi connectivity index (χ3n) is 4.59. The van der Waals surface area contributed by atoms with E-state index in [1.54, 1.807) is 16.2 Å². The number of ether oxygens (including phenoxy) is 1. The second-order valence-electron chi connectivity index (χ2n) is 6.22. The molecule has 4 heterocycles. The molecule has 0 bridgehead atoms. The summed E-state index contributed by atoms with van der Waals surface area (Å²) >= 11 is 1.59. The summed E-state index contributed by atoms with van der Waals surface area (Å²) in [6.45, 7) is -0.197. The Labute approximate surface area is 147 Å². The highest BCUT2D eigenvalue weighted by Gasteiger charge is 2.50. The maximum Gasteiger partial charge on any atom is 0.162 e. The lowest BCUT2D eigenvalue weighted by atomic mass is 9.98. The molecule has 25 heavy (non-hydrogen) atoms. The fraction of sp³-hybridized carbons (Fsp3) is 0.533. The molecule has 5 N–H and O–H groups in total. The monoisotopic (exact) mass is 365 g/mol. The van der Waals surface area contributed by atoms with E-state index in [9.17, 15) is 15.3 Å². The lowest BCUT2D eigenvalue weighted by Gasteiger charge is -2.32. The van der Waals surface area contributed by atoms with Crippen molar-refractivity contribution in [3.63, 3.8) is 0 Å². The van der Waals surface area contributed by atoms with Gasteiger partial charge in [-0.3, -0.25) is 4.99 Å². The SMILES string of the molecule is NC1(Cc2cccs2)N=CN=C2C1=NCN2[C@@H]1O[C@H](CO)[C@@H](O)[C@H]1O. The molecule has 4 rings (SSSR count). The van der Waals surface area contributed by atoms with Gasteiger partial charge in [0.2, 0.25) is 0 Å². The minimum atomic E-state index is -1.18. The van der Waals surface area contributed by atoms with E-state index in [4.69, 9.17) is 10.5 Å². The molecule has 5 atom stereocenters. The van der Waals surface area contributed by atoms with Crippen molar-refractivity contribution in [2.75, 3.05) is 13.3 Å². The quantitative estimate of drug-likeness (QED) is 0.515. The Bertz CT molecular complexity index is 736. The summed E-state index contributed by atoms with van der Waals surface area (Å²) in [6.07, 6.45) is -2.19. The van der Waals surface area contributed by atoms with Gasteiger partial charge in [0.15, 0.2) is 17.7 Å². The van der Waals surface area contributed by atoms with Crippen LogP contribution in [0.4, 0.5) is 0 Å². The highest BCUT2D eigenvalue weighted by atomic mass is 32.1. The molecular weight excluding hydrogens is 346 g/mol.